The Bertz CT molecular complexity index is 864. The number of fused-ring (bicyclic) bond motifs is 1. The summed E-state index contributed by atoms with van der Waals surface area (Å²) in [5, 5.41) is 12.0. The van der Waals surface area contributed by atoms with E-state index in [9.17, 15) is 13.2 Å². The zero-order valence-corrected chi connectivity index (χ0v) is 12.8. The molecule has 0 aromatic heterocycles. The Morgan fingerprint density at radius 3 is 2.65 bits per heavy atom. The predicted molar refractivity (Wildman–Crippen MR) is 83.6 cm³/mol. The van der Waals surface area contributed by atoms with Gasteiger partial charge in [0.15, 0.2) is 0 Å². The van der Waals surface area contributed by atoms with Crippen molar-refractivity contribution in [2.24, 2.45) is 0 Å². The van der Waals surface area contributed by atoms with Crippen LogP contribution in [0.4, 0.5) is 5.69 Å². The average Bonchev–Trinajstić information content (AvgIpc) is 2.66. The standard InChI is InChI=1S/C15H14N2O5S/c18-15(19)10-2-1-3-11(8-10)22-12-4-5-13-14(9-12)23(20,21)17-7-6-16-13/h1-5,8-9,16-17H,6-7H2,(H,18,19). The van der Waals surface area contributed by atoms with Gasteiger partial charge in [-0.3, -0.25) is 0 Å². The molecular weight excluding hydrogens is 320 g/mol. The molecule has 0 spiro atoms. The fourth-order valence-corrected chi connectivity index (χ4v) is 3.45. The highest BCUT2D eigenvalue weighted by Crippen LogP contribution is 2.30. The number of aromatic carboxylic acids is 1. The lowest BCUT2D eigenvalue weighted by molar-refractivity contribution is 0.0696. The quantitative estimate of drug-likeness (QED) is 0.791. The molecule has 0 fully saturated rings. The van der Waals surface area contributed by atoms with E-state index >= 15 is 0 Å². The molecule has 0 radical (unpaired) electrons. The van der Waals surface area contributed by atoms with Crippen LogP contribution < -0.4 is 14.8 Å². The van der Waals surface area contributed by atoms with Crippen LogP contribution in [-0.2, 0) is 10.0 Å². The first kappa shape index (κ1) is 15.3. The van der Waals surface area contributed by atoms with Crippen molar-refractivity contribution in [1.82, 2.24) is 4.72 Å². The summed E-state index contributed by atoms with van der Waals surface area (Å²) >= 11 is 0. The Kier molecular flexibility index (Phi) is 3.93. The summed E-state index contributed by atoms with van der Waals surface area (Å²) in [6.45, 7) is 0.793. The van der Waals surface area contributed by atoms with E-state index in [1.165, 1.54) is 18.2 Å². The number of carboxylic acids is 1. The van der Waals surface area contributed by atoms with E-state index in [0.29, 0.717) is 30.3 Å². The third-order valence-electron chi connectivity index (χ3n) is 3.29. The Morgan fingerprint density at radius 1 is 1.09 bits per heavy atom. The first-order valence-corrected chi connectivity index (χ1v) is 8.33. The Morgan fingerprint density at radius 2 is 1.87 bits per heavy atom. The molecule has 2 aromatic rings. The van der Waals surface area contributed by atoms with Crippen molar-refractivity contribution in [3.05, 3.63) is 48.0 Å². The van der Waals surface area contributed by atoms with Crippen LogP contribution in [0.15, 0.2) is 47.4 Å². The van der Waals surface area contributed by atoms with E-state index in [0.717, 1.165) is 0 Å². The summed E-state index contributed by atoms with van der Waals surface area (Å²) in [6, 6.07) is 10.6. The number of nitrogens with one attached hydrogen (secondary N) is 2. The van der Waals surface area contributed by atoms with Gasteiger partial charge in [-0.15, -0.1) is 0 Å². The van der Waals surface area contributed by atoms with Crippen molar-refractivity contribution in [1.29, 1.82) is 0 Å². The maximum absolute atomic E-state index is 12.2. The van der Waals surface area contributed by atoms with Gasteiger partial charge in [-0.2, -0.15) is 0 Å². The number of hydrogen-bond acceptors (Lipinski definition) is 5. The minimum absolute atomic E-state index is 0.0909. The highest BCUT2D eigenvalue weighted by Gasteiger charge is 2.22. The number of carbonyl (C=O) groups is 1. The molecule has 0 aliphatic carbocycles. The number of hydrogen-bond donors (Lipinski definition) is 3. The second-order valence-corrected chi connectivity index (χ2v) is 6.65. The van der Waals surface area contributed by atoms with Crippen LogP contribution in [0.5, 0.6) is 11.5 Å². The minimum atomic E-state index is -3.60. The monoisotopic (exact) mass is 334 g/mol. The van der Waals surface area contributed by atoms with Gasteiger partial charge < -0.3 is 15.2 Å². The number of sulfonamides is 1. The number of rotatable bonds is 3. The highest BCUT2D eigenvalue weighted by atomic mass is 32.2. The Labute approximate surface area is 133 Å². The third kappa shape index (κ3) is 3.27. The zero-order valence-electron chi connectivity index (χ0n) is 11.9. The number of anilines is 1. The van der Waals surface area contributed by atoms with Gasteiger partial charge in [0, 0.05) is 19.2 Å². The van der Waals surface area contributed by atoms with Gasteiger partial charge in [-0.1, -0.05) is 6.07 Å². The summed E-state index contributed by atoms with van der Waals surface area (Å²) in [6.07, 6.45) is 0. The van der Waals surface area contributed by atoms with Crippen LogP contribution >= 0.6 is 0 Å². The first-order chi connectivity index (χ1) is 11.0. The van der Waals surface area contributed by atoms with E-state index < -0.39 is 16.0 Å². The van der Waals surface area contributed by atoms with Crippen molar-refractivity contribution < 1.29 is 23.1 Å². The van der Waals surface area contributed by atoms with E-state index in [4.69, 9.17) is 9.84 Å². The molecule has 2 aromatic carbocycles. The molecule has 3 N–H and O–H groups in total. The molecule has 3 rings (SSSR count). The highest BCUT2D eigenvalue weighted by molar-refractivity contribution is 7.89. The maximum atomic E-state index is 12.2. The second-order valence-electron chi connectivity index (χ2n) is 4.92. The van der Waals surface area contributed by atoms with Crippen molar-refractivity contribution in [2.75, 3.05) is 18.4 Å². The topological polar surface area (TPSA) is 105 Å². The SMILES string of the molecule is O=C(O)c1cccc(Oc2ccc3c(c2)S(=O)(=O)NCCN3)c1. The van der Waals surface area contributed by atoms with E-state index in [2.05, 4.69) is 10.0 Å². The maximum Gasteiger partial charge on any atom is 0.335 e. The predicted octanol–water partition coefficient (Wildman–Crippen LogP) is 1.88. The number of carboxylic acid groups (broad SMARTS) is 1. The summed E-state index contributed by atoms with van der Waals surface area (Å²) < 4.78 is 32.4. The zero-order chi connectivity index (χ0) is 16.4. The molecule has 1 heterocycles. The average molecular weight is 334 g/mol. The van der Waals surface area contributed by atoms with Crippen molar-refractivity contribution >= 4 is 21.7 Å². The van der Waals surface area contributed by atoms with Crippen LogP contribution in [-0.4, -0.2) is 32.6 Å². The Hall–Kier alpha value is -2.58. The van der Waals surface area contributed by atoms with Crippen LogP contribution in [0.25, 0.3) is 0 Å². The first-order valence-electron chi connectivity index (χ1n) is 6.84. The van der Waals surface area contributed by atoms with E-state index in [-0.39, 0.29) is 10.5 Å². The van der Waals surface area contributed by atoms with Crippen LogP contribution in [0.1, 0.15) is 10.4 Å². The largest absolute Gasteiger partial charge is 0.478 e. The smallest absolute Gasteiger partial charge is 0.335 e. The molecule has 1 aliphatic heterocycles. The fraction of sp³-hybridized carbons (Fsp3) is 0.133. The van der Waals surface area contributed by atoms with Gasteiger partial charge in [0.2, 0.25) is 10.0 Å². The summed E-state index contributed by atoms with van der Waals surface area (Å²) in [5.41, 5.74) is 0.592. The summed E-state index contributed by atoms with van der Waals surface area (Å²) in [5.74, 6) is -0.439. The fourth-order valence-electron chi connectivity index (χ4n) is 2.22. The molecule has 0 atom stereocenters. The molecular formula is C15H14N2O5S. The molecule has 0 saturated carbocycles. The van der Waals surface area contributed by atoms with Crippen LogP contribution in [0.3, 0.4) is 0 Å². The molecule has 0 bridgehead atoms. The molecule has 8 heteroatoms. The van der Waals surface area contributed by atoms with Gasteiger partial charge in [0.1, 0.15) is 16.4 Å². The van der Waals surface area contributed by atoms with Crippen molar-refractivity contribution in [3.63, 3.8) is 0 Å². The molecule has 7 nitrogen and oxygen atoms in total. The molecule has 1 aliphatic rings. The molecule has 0 unspecified atom stereocenters. The summed E-state index contributed by atoms with van der Waals surface area (Å²) in [4.78, 5) is 11.1. The van der Waals surface area contributed by atoms with E-state index in [1.54, 1.807) is 24.3 Å². The number of benzene rings is 2. The molecule has 120 valence electrons. The normalized spacial score (nSPS) is 15.8. The van der Waals surface area contributed by atoms with E-state index in [1.807, 2.05) is 0 Å². The number of ether oxygens (including phenoxy) is 1. The summed E-state index contributed by atoms with van der Waals surface area (Å²) in [7, 11) is -3.60. The van der Waals surface area contributed by atoms with Gasteiger partial charge >= 0.3 is 5.97 Å². The lowest BCUT2D eigenvalue weighted by Gasteiger charge is -2.11. The van der Waals surface area contributed by atoms with Crippen molar-refractivity contribution in [2.45, 2.75) is 4.90 Å². The molecule has 0 amide bonds. The van der Waals surface area contributed by atoms with Gasteiger partial charge in [0.05, 0.1) is 11.3 Å². The molecule has 23 heavy (non-hydrogen) atoms. The van der Waals surface area contributed by atoms with Crippen molar-refractivity contribution in [3.8, 4) is 11.5 Å². The third-order valence-corrected chi connectivity index (χ3v) is 4.79. The van der Waals surface area contributed by atoms with Gasteiger partial charge in [-0.05, 0) is 30.3 Å². The lowest BCUT2D eigenvalue weighted by atomic mass is 10.2. The van der Waals surface area contributed by atoms with Gasteiger partial charge in [-0.25, -0.2) is 17.9 Å². The Balaban J connectivity index is 1.95. The van der Waals surface area contributed by atoms with Crippen LogP contribution in [0, 0.1) is 0 Å². The molecule has 0 saturated heterocycles. The van der Waals surface area contributed by atoms with Crippen LogP contribution in [0.2, 0.25) is 0 Å². The minimum Gasteiger partial charge on any atom is -0.478 e. The lowest BCUT2D eigenvalue weighted by Crippen LogP contribution is -2.25. The van der Waals surface area contributed by atoms with Gasteiger partial charge in [0.25, 0.3) is 0 Å². The second kappa shape index (κ2) is 5.90.